The van der Waals surface area contributed by atoms with E-state index in [4.69, 9.17) is 10.6 Å². The number of carbonyl (C=O) groups is 1. The van der Waals surface area contributed by atoms with Gasteiger partial charge in [-0.05, 0) is 43.3 Å². The van der Waals surface area contributed by atoms with E-state index in [2.05, 4.69) is 15.5 Å². The fourth-order valence-electron chi connectivity index (χ4n) is 2.31. The smallest absolute Gasteiger partial charge is 0.237 e. The molecule has 9 heteroatoms. The van der Waals surface area contributed by atoms with Crippen LogP contribution in [0.1, 0.15) is 6.92 Å². The molecule has 1 unspecified atom stereocenters. The molecule has 0 aliphatic rings. The van der Waals surface area contributed by atoms with Gasteiger partial charge in [0, 0.05) is 5.69 Å². The van der Waals surface area contributed by atoms with E-state index < -0.39 is 11.1 Å². The lowest BCUT2D eigenvalue weighted by Gasteiger charge is -2.12. The zero-order chi connectivity index (χ0) is 19.4. The summed E-state index contributed by atoms with van der Waals surface area (Å²) in [5.41, 5.74) is 0.893. The van der Waals surface area contributed by atoms with Crippen LogP contribution in [0, 0.1) is 5.82 Å². The second-order valence-corrected chi connectivity index (χ2v) is 6.94. The minimum absolute atomic E-state index is 0.193. The third kappa shape index (κ3) is 4.20. The van der Waals surface area contributed by atoms with E-state index >= 15 is 0 Å². The molecule has 0 radical (unpaired) electrons. The van der Waals surface area contributed by atoms with Gasteiger partial charge in [0.25, 0.3) is 0 Å². The van der Waals surface area contributed by atoms with Crippen LogP contribution >= 0.6 is 11.8 Å². The van der Waals surface area contributed by atoms with Gasteiger partial charge in [-0.3, -0.25) is 4.79 Å². The highest BCUT2D eigenvalue weighted by Crippen LogP contribution is 2.26. The fourth-order valence-corrected chi connectivity index (χ4v) is 3.08. The lowest BCUT2D eigenvalue weighted by molar-refractivity contribution is -0.115. The molecule has 0 aliphatic carbocycles. The Morgan fingerprint density at radius 3 is 2.59 bits per heavy atom. The fraction of sp³-hybridized carbons (Fsp3) is 0.167. The molecule has 1 aromatic heterocycles. The average molecular weight is 387 g/mol. The van der Waals surface area contributed by atoms with Gasteiger partial charge in [-0.2, -0.15) is 0 Å². The van der Waals surface area contributed by atoms with Crippen LogP contribution in [0.5, 0.6) is 5.75 Å². The SMILES string of the molecule is COc1ccc(NC(=O)C(C)Sc2nnc(-c3ccccc3F)n2N)cc1. The number of rotatable bonds is 6. The van der Waals surface area contributed by atoms with Crippen molar-refractivity contribution in [2.45, 2.75) is 17.3 Å². The van der Waals surface area contributed by atoms with E-state index in [-0.39, 0.29) is 17.3 Å². The topological polar surface area (TPSA) is 95.1 Å². The van der Waals surface area contributed by atoms with Crippen LogP contribution in [-0.4, -0.2) is 33.1 Å². The van der Waals surface area contributed by atoms with Gasteiger partial charge < -0.3 is 15.9 Å². The zero-order valence-electron chi connectivity index (χ0n) is 14.7. The second-order valence-electron chi connectivity index (χ2n) is 5.63. The predicted octanol–water partition coefficient (Wildman–Crippen LogP) is 2.93. The van der Waals surface area contributed by atoms with E-state index in [1.54, 1.807) is 56.5 Å². The lowest BCUT2D eigenvalue weighted by atomic mass is 10.2. The molecular formula is C18H18FN5O2S. The second kappa shape index (κ2) is 8.09. The van der Waals surface area contributed by atoms with Crippen molar-refractivity contribution in [1.82, 2.24) is 14.9 Å². The first-order chi connectivity index (χ1) is 13.0. The Balaban J connectivity index is 1.69. The highest BCUT2D eigenvalue weighted by Gasteiger charge is 2.21. The quantitative estimate of drug-likeness (QED) is 0.499. The highest BCUT2D eigenvalue weighted by molar-refractivity contribution is 8.00. The van der Waals surface area contributed by atoms with E-state index in [9.17, 15) is 9.18 Å². The number of methoxy groups -OCH3 is 1. The van der Waals surface area contributed by atoms with E-state index in [0.717, 1.165) is 11.8 Å². The number of nitrogens with one attached hydrogen (secondary N) is 1. The highest BCUT2D eigenvalue weighted by atomic mass is 32.2. The van der Waals surface area contributed by atoms with Crippen LogP contribution in [0.25, 0.3) is 11.4 Å². The molecule has 0 saturated carbocycles. The third-order valence-corrected chi connectivity index (χ3v) is 4.85. The maximum atomic E-state index is 13.9. The summed E-state index contributed by atoms with van der Waals surface area (Å²) in [7, 11) is 1.57. The summed E-state index contributed by atoms with van der Waals surface area (Å²) in [6.07, 6.45) is 0. The van der Waals surface area contributed by atoms with Gasteiger partial charge in [-0.25, -0.2) is 9.07 Å². The van der Waals surface area contributed by atoms with E-state index in [1.165, 1.54) is 10.7 Å². The molecular weight excluding hydrogens is 369 g/mol. The number of nitrogen functional groups attached to an aromatic ring is 1. The largest absolute Gasteiger partial charge is 0.497 e. The number of nitrogens with zero attached hydrogens (tertiary/aromatic N) is 3. The van der Waals surface area contributed by atoms with Crippen LogP contribution < -0.4 is 15.9 Å². The van der Waals surface area contributed by atoms with Gasteiger partial charge >= 0.3 is 0 Å². The van der Waals surface area contributed by atoms with Crippen molar-refractivity contribution in [3.05, 3.63) is 54.3 Å². The Morgan fingerprint density at radius 1 is 1.22 bits per heavy atom. The number of ether oxygens (including phenoxy) is 1. The normalized spacial score (nSPS) is 11.8. The Kier molecular flexibility index (Phi) is 5.60. The Morgan fingerprint density at radius 2 is 1.93 bits per heavy atom. The van der Waals surface area contributed by atoms with Gasteiger partial charge in [0.2, 0.25) is 11.1 Å². The molecule has 0 fully saturated rings. The van der Waals surface area contributed by atoms with Crippen LogP contribution in [0.15, 0.2) is 53.7 Å². The molecule has 7 nitrogen and oxygen atoms in total. The summed E-state index contributed by atoms with van der Waals surface area (Å²) in [6, 6.07) is 13.2. The number of amides is 1. The number of nitrogens with two attached hydrogens (primary N) is 1. The molecule has 3 rings (SSSR count). The number of hydrogen-bond acceptors (Lipinski definition) is 6. The van der Waals surface area contributed by atoms with Gasteiger partial charge in [0.1, 0.15) is 11.6 Å². The molecule has 0 spiro atoms. The van der Waals surface area contributed by atoms with Crippen molar-refractivity contribution in [2.24, 2.45) is 0 Å². The first kappa shape index (κ1) is 18.7. The van der Waals surface area contributed by atoms with Gasteiger partial charge in [0.05, 0.1) is 17.9 Å². The van der Waals surface area contributed by atoms with Gasteiger partial charge in [-0.15, -0.1) is 10.2 Å². The number of thioether (sulfide) groups is 1. The summed E-state index contributed by atoms with van der Waals surface area (Å²) in [6.45, 7) is 1.72. The number of carbonyl (C=O) groups excluding carboxylic acids is 1. The molecule has 3 aromatic rings. The molecule has 140 valence electrons. The number of benzene rings is 2. The monoisotopic (exact) mass is 387 g/mol. The third-order valence-electron chi connectivity index (χ3n) is 3.79. The summed E-state index contributed by atoms with van der Waals surface area (Å²) < 4.78 is 20.2. The van der Waals surface area contributed by atoms with Crippen molar-refractivity contribution in [1.29, 1.82) is 0 Å². The molecule has 27 heavy (non-hydrogen) atoms. The first-order valence-electron chi connectivity index (χ1n) is 8.06. The molecule has 1 heterocycles. The number of halogens is 1. The molecule has 3 N–H and O–H groups in total. The maximum Gasteiger partial charge on any atom is 0.237 e. The Labute approximate surface area is 159 Å². The Hall–Kier alpha value is -3.07. The Bertz CT molecular complexity index is 945. The van der Waals surface area contributed by atoms with Crippen molar-refractivity contribution < 1.29 is 13.9 Å². The standard InChI is InChI=1S/C18H18FN5O2S/c1-11(17(25)21-12-7-9-13(26-2)10-8-12)27-18-23-22-16(24(18)20)14-5-3-4-6-15(14)19/h3-11H,20H2,1-2H3,(H,21,25). The average Bonchev–Trinajstić information content (AvgIpc) is 3.03. The first-order valence-corrected chi connectivity index (χ1v) is 8.94. The minimum Gasteiger partial charge on any atom is -0.497 e. The van der Waals surface area contributed by atoms with Crippen LogP contribution in [0.3, 0.4) is 0 Å². The predicted molar refractivity (Wildman–Crippen MR) is 103 cm³/mol. The van der Waals surface area contributed by atoms with Crippen molar-refractivity contribution in [3.63, 3.8) is 0 Å². The molecule has 0 bridgehead atoms. The molecule has 1 amide bonds. The zero-order valence-corrected chi connectivity index (χ0v) is 15.5. The number of hydrogen-bond donors (Lipinski definition) is 2. The van der Waals surface area contributed by atoms with E-state index in [1.807, 2.05) is 0 Å². The molecule has 0 aliphatic heterocycles. The number of anilines is 1. The summed E-state index contributed by atoms with van der Waals surface area (Å²) in [5.74, 6) is 6.22. The minimum atomic E-state index is -0.493. The van der Waals surface area contributed by atoms with Crippen molar-refractivity contribution in [3.8, 4) is 17.1 Å². The summed E-state index contributed by atoms with van der Waals surface area (Å²) in [5, 5.41) is 10.5. The van der Waals surface area contributed by atoms with E-state index in [0.29, 0.717) is 16.6 Å². The lowest BCUT2D eigenvalue weighted by Crippen LogP contribution is -2.23. The van der Waals surface area contributed by atoms with Crippen LogP contribution in [0.2, 0.25) is 0 Å². The van der Waals surface area contributed by atoms with Crippen LogP contribution in [-0.2, 0) is 4.79 Å². The van der Waals surface area contributed by atoms with Crippen molar-refractivity contribution >= 4 is 23.4 Å². The summed E-state index contributed by atoms with van der Waals surface area (Å²) in [4.78, 5) is 12.4. The maximum absolute atomic E-state index is 13.9. The molecule has 0 saturated heterocycles. The van der Waals surface area contributed by atoms with Crippen molar-refractivity contribution in [2.75, 3.05) is 18.3 Å². The molecule has 1 atom stereocenters. The van der Waals surface area contributed by atoms with Gasteiger partial charge in [0.15, 0.2) is 5.82 Å². The van der Waals surface area contributed by atoms with Gasteiger partial charge in [-0.1, -0.05) is 23.9 Å². The number of aromatic nitrogens is 3. The molecule has 2 aromatic carbocycles. The van der Waals surface area contributed by atoms with Crippen LogP contribution in [0.4, 0.5) is 10.1 Å². The summed E-state index contributed by atoms with van der Waals surface area (Å²) >= 11 is 1.13.